The van der Waals surface area contributed by atoms with E-state index in [0.717, 1.165) is 17.8 Å². The van der Waals surface area contributed by atoms with E-state index in [1.54, 1.807) is 18.2 Å². The van der Waals surface area contributed by atoms with Gasteiger partial charge in [-0.25, -0.2) is 0 Å². The third kappa shape index (κ3) is 5.02. The lowest BCUT2D eigenvalue weighted by Crippen LogP contribution is -2.31. The fraction of sp³-hybridized carbons (Fsp3) is 0.200. The van der Waals surface area contributed by atoms with Crippen molar-refractivity contribution in [2.75, 3.05) is 20.3 Å². The van der Waals surface area contributed by atoms with Crippen LogP contribution < -0.4 is 0 Å². The van der Waals surface area contributed by atoms with Crippen molar-refractivity contribution in [3.05, 3.63) is 59.0 Å². The number of amidine groups is 1. The Balaban J connectivity index is 1.98. The zero-order valence-electron chi connectivity index (χ0n) is 16.1. The predicted molar refractivity (Wildman–Crippen MR) is 115 cm³/mol. The summed E-state index contributed by atoms with van der Waals surface area (Å²) in [6.07, 6.45) is 1.92. The Morgan fingerprint density at radius 3 is 2.57 bits per heavy atom. The standard InChI is InChI=1S/C20H20N2O6S2/c1-28-11-5-10-22-19(25)18(12-14-8-9-15(23)13-17(14)24)29-20(22)21-30(26,27)16-6-3-2-4-7-16/h2-4,6-9,12-13,23-24H,5,10-11H2,1H3/b18-12-,21-20-. The Hall–Kier alpha value is -2.82. The first-order chi connectivity index (χ1) is 14.3. The lowest BCUT2D eigenvalue weighted by Gasteiger charge is -2.15. The van der Waals surface area contributed by atoms with Crippen molar-refractivity contribution in [1.29, 1.82) is 0 Å². The summed E-state index contributed by atoms with van der Waals surface area (Å²) in [5.74, 6) is -0.743. The Labute approximate surface area is 178 Å². The summed E-state index contributed by atoms with van der Waals surface area (Å²) in [4.78, 5) is 14.4. The highest BCUT2D eigenvalue weighted by atomic mass is 32.2. The average Bonchev–Trinajstić information content (AvgIpc) is 2.99. The van der Waals surface area contributed by atoms with E-state index >= 15 is 0 Å². The summed E-state index contributed by atoms with van der Waals surface area (Å²) < 4.78 is 34.3. The number of sulfonamides is 1. The van der Waals surface area contributed by atoms with E-state index in [9.17, 15) is 23.4 Å². The topological polar surface area (TPSA) is 116 Å². The van der Waals surface area contributed by atoms with Gasteiger partial charge in [0.25, 0.3) is 15.9 Å². The Morgan fingerprint density at radius 2 is 1.90 bits per heavy atom. The molecule has 8 nitrogen and oxygen atoms in total. The van der Waals surface area contributed by atoms with Crippen LogP contribution in [0.3, 0.4) is 0 Å². The molecule has 1 fully saturated rings. The molecule has 0 atom stereocenters. The van der Waals surface area contributed by atoms with Gasteiger partial charge in [0.2, 0.25) is 0 Å². The molecule has 2 N–H and O–H groups in total. The van der Waals surface area contributed by atoms with Crippen LogP contribution in [0, 0.1) is 0 Å². The molecule has 2 aromatic carbocycles. The van der Waals surface area contributed by atoms with Gasteiger partial charge >= 0.3 is 0 Å². The van der Waals surface area contributed by atoms with Crippen molar-refractivity contribution in [3.63, 3.8) is 0 Å². The molecule has 0 aliphatic carbocycles. The quantitative estimate of drug-likeness (QED) is 0.494. The smallest absolute Gasteiger partial charge is 0.284 e. The van der Waals surface area contributed by atoms with Crippen molar-refractivity contribution >= 4 is 38.9 Å². The number of thioether (sulfide) groups is 1. The average molecular weight is 449 g/mol. The predicted octanol–water partition coefficient (Wildman–Crippen LogP) is 2.80. The van der Waals surface area contributed by atoms with E-state index in [-0.39, 0.29) is 33.0 Å². The highest BCUT2D eigenvalue weighted by molar-refractivity contribution is 8.19. The zero-order chi connectivity index (χ0) is 21.7. The molecule has 30 heavy (non-hydrogen) atoms. The normalized spacial score (nSPS) is 17.2. The Morgan fingerprint density at radius 1 is 1.17 bits per heavy atom. The summed E-state index contributed by atoms with van der Waals surface area (Å²) in [7, 11) is -2.47. The largest absolute Gasteiger partial charge is 0.508 e. The molecule has 10 heteroatoms. The molecular formula is C20H20N2O6S2. The summed E-state index contributed by atoms with van der Waals surface area (Å²) in [5.41, 5.74) is 0.313. The molecule has 0 radical (unpaired) electrons. The van der Waals surface area contributed by atoms with Crippen LogP contribution in [0.4, 0.5) is 0 Å². The lowest BCUT2D eigenvalue weighted by molar-refractivity contribution is -0.122. The highest BCUT2D eigenvalue weighted by Crippen LogP contribution is 2.35. The van der Waals surface area contributed by atoms with E-state index < -0.39 is 15.9 Å². The van der Waals surface area contributed by atoms with Crippen LogP contribution in [0.5, 0.6) is 11.5 Å². The molecule has 2 aromatic rings. The number of rotatable bonds is 7. The van der Waals surface area contributed by atoms with Gasteiger partial charge in [-0.2, -0.15) is 8.42 Å². The molecule has 0 saturated carbocycles. The van der Waals surface area contributed by atoms with E-state index in [4.69, 9.17) is 4.74 Å². The SMILES string of the molecule is COCCCN1C(=O)/C(=C/c2ccc(O)cc2O)S/C1=N\S(=O)(=O)c1ccccc1. The van der Waals surface area contributed by atoms with Gasteiger partial charge in [-0.1, -0.05) is 18.2 Å². The number of carbonyl (C=O) groups excluding carboxylic acids is 1. The van der Waals surface area contributed by atoms with Gasteiger partial charge in [0.15, 0.2) is 5.17 Å². The number of nitrogens with zero attached hydrogens (tertiary/aromatic N) is 2. The third-order valence-corrected chi connectivity index (χ3v) is 6.56. The number of methoxy groups -OCH3 is 1. The van der Waals surface area contributed by atoms with Crippen LogP contribution in [-0.2, 0) is 19.6 Å². The minimum atomic E-state index is -4.01. The first-order valence-corrected chi connectivity index (χ1v) is 11.2. The fourth-order valence-corrected chi connectivity index (χ4v) is 4.90. The zero-order valence-corrected chi connectivity index (χ0v) is 17.7. The maximum Gasteiger partial charge on any atom is 0.284 e. The van der Waals surface area contributed by atoms with Crippen molar-refractivity contribution in [2.24, 2.45) is 4.40 Å². The second-order valence-corrected chi connectivity index (χ2v) is 8.93. The molecule has 0 unspecified atom stereocenters. The summed E-state index contributed by atoms with van der Waals surface area (Å²) in [5, 5.41) is 19.5. The van der Waals surface area contributed by atoms with Crippen LogP contribution in [0.1, 0.15) is 12.0 Å². The summed E-state index contributed by atoms with van der Waals surface area (Å²) in [6, 6.07) is 11.7. The van der Waals surface area contributed by atoms with E-state index in [0.29, 0.717) is 18.6 Å². The van der Waals surface area contributed by atoms with Crippen LogP contribution in [-0.4, -0.2) is 54.9 Å². The van der Waals surface area contributed by atoms with Crippen molar-refractivity contribution < 1.29 is 28.2 Å². The molecule has 1 heterocycles. The van der Waals surface area contributed by atoms with Crippen LogP contribution in [0.2, 0.25) is 0 Å². The summed E-state index contributed by atoms with van der Waals surface area (Å²) in [6.45, 7) is 0.618. The van der Waals surface area contributed by atoms with Gasteiger partial charge in [0, 0.05) is 31.9 Å². The number of carbonyl (C=O) groups is 1. The second kappa shape index (κ2) is 9.33. The van der Waals surface area contributed by atoms with Gasteiger partial charge in [0.1, 0.15) is 11.5 Å². The maximum atomic E-state index is 12.9. The van der Waals surface area contributed by atoms with Crippen LogP contribution in [0.25, 0.3) is 6.08 Å². The third-order valence-electron chi connectivity index (χ3n) is 4.16. The van der Waals surface area contributed by atoms with Crippen molar-refractivity contribution in [2.45, 2.75) is 11.3 Å². The molecule has 1 saturated heterocycles. The van der Waals surface area contributed by atoms with E-state index in [1.807, 2.05) is 0 Å². The first kappa shape index (κ1) is 21.9. The molecular weight excluding hydrogens is 428 g/mol. The monoisotopic (exact) mass is 448 g/mol. The molecule has 158 valence electrons. The Bertz CT molecular complexity index is 1100. The molecule has 0 bridgehead atoms. The van der Waals surface area contributed by atoms with E-state index in [1.165, 1.54) is 42.4 Å². The van der Waals surface area contributed by atoms with Gasteiger partial charge in [0.05, 0.1) is 9.80 Å². The minimum Gasteiger partial charge on any atom is -0.508 e. The number of amides is 1. The van der Waals surface area contributed by atoms with E-state index in [2.05, 4.69) is 4.40 Å². The van der Waals surface area contributed by atoms with Gasteiger partial charge in [-0.15, -0.1) is 4.40 Å². The summed E-state index contributed by atoms with van der Waals surface area (Å²) >= 11 is 0.908. The fourth-order valence-electron chi connectivity index (χ4n) is 2.68. The van der Waals surface area contributed by atoms with Crippen LogP contribution >= 0.6 is 11.8 Å². The number of phenolic OH excluding ortho intramolecular Hbond substituents is 2. The molecule has 1 aliphatic heterocycles. The van der Waals surface area contributed by atoms with Gasteiger partial charge < -0.3 is 14.9 Å². The maximum absolute atomic E-state index is 12.9. The second-order valence-electron chi connectivity index (χ2n) is 6.32. The molecule has 1 amide bonds. The molecule has 0 spiro atoms. The first-order valence-electron chi connectivity index (χ1n) is 8.94. The molecule has 3 rings (SSSR count). The minimum absolute atomic E-state index is 0.0241. The highest BCUT2D eigenvalue weighted by Gasteiger charge is 2.35. The van der Waals surface area contributed by atoms with Crippen molar-refractivity contribution in [1.82, 2.24) is 4.90 Å². The number of benzene rings is 2. The molecule has 1 aliphatic rings. The van der Waals surface area contributed by atoms with Crippen molar-refractivity contribution in [3.8, 4) is 11.5 Å². The van der Waals surface area contributed by atoms with Gasteiger partial charge in [-0.05, 0) is 48.5 Å². The Kier molecular flexibility index (Phi) is 6.80. The van der Waals surface area contributed by atoms with Gasteiger partial charge in [-0.3, -0.25) is 9.69 Å². The number of hydrogen-bond donors (Lipinski definition) is 2. The lowest BCUT2D eigenvalue weighted by atomic mass is 10.1. The number of aromatic hydroxyl groups is 2. The molecule has 0 aromatic heterocycles. The number of phenols is 2. The number of hydrogen-bond acceptors (Lipinski definition) is 7. The van der Waals surface area contributed by atoms with Crippen LogP contribution in [0.15, 0.2) is 62.7 Å². The number of ether oxygens (including phenoxy) is 1.